The second kappa shape index (κ2) is 8.11. The highest BCUT2D eigenvalue weighted by Crippen LogP contribution is 2.22. The molecule has 126 valence electrons. The fraction of sp³-hybridized carbons (Fsp3) is 0.214. The summed E-state index contributed by atoms with van der Waals surface area (Å²) in [5.74, 6) is -1.67. The SMILES string of the molecule is NC(=O)COc1ccccc1C=NN=C1NC(=O)C(CC(=O)O)S1. The third kappa shape index (κ3) is 5.09. The van der Waals surface area contributed by atoms with Crippen molar-refractivity contribution < 1.29 is 24.2 Å². The number of carbonyl (C=O) groups is 3. The van der Waals surface area contributed by atoms with E-state index in [2.05, 4.69) is 15.5 Å². The standard InChI is InChI=1S/C14H14N4O5S/c15-11(19)7-23-9-4-2-1-3-8(9)6-16-18-14-17-13(22)10(24-14)5-12(20)21/h1-4,6,10H,5,7H2,(H2,15,19)(H,20,21)(H,17,18,22). The molecule has 2 amide bonds. The molecule has 1 aromatic carbocycles. The van der Waals surface area contributed by atoms with Crippen LogP contribution < -0.4 is 15.8 Å². The lowest BCUT2D eigenvalue weighted by molar-refractivity contribution is -0.138. The zero-order valence-electron chi connectivity index (χ0n) is 12.3. The highest BCUT2D eigenvalue weighted by Gasteiger charge is 2.32. The van der Waals surface area contributed by atoms with Gasteiger partial charge in [0.25, 0.3) is 5.91 Å². The van der Waals surface area contributed by atoms with Crippen molar-refractivity contribution in [1.82, 2.24) is 5.32 Å². The van der Waals surface area contributed by atoms with Crippen molar-refractivity contribution in [2.24, 2.45) is 15.9 Å². The molecule has 1 aromatic rings. The smallest absolute Gasteiger partial charge is 0.305 e. The summed E-state index contributed by atoms with van der Waals surface area (Å²) in [5.41, 5.74) is 5.60. The largest absolute Gasteiger partial charge is 0.483 e. The van der Waals surface area contributed by atoms with Crippen molar-refractivity contribution in [3.63, 3.8) is 0 Å². The molecule has 1 unspecified atom stereocenters. The predicted octanol–water partition coefficient (Wildman–Crippen LogP) is -0.0531. The maximum atomic E-state index is 11.6. The van der Waals surface area contributed by atoms with Gasteiger partial charge >= 0.3 is 5.97 Å². The van der Waals surface area contributed by atoms with Gasteiger partial charge in [-0.1, -0.05) is 23.9 Å². The lowest BCUT2D eigenvalue weighted by Crippen LogP contribution is -2.26. The molecule has 9 nitrogen and oxygen atoms in total. The Bertz CT molecular complexity index is 719. The Morgan fingerprint density at radius 1 is 1.42 bits per heavy atom. The van der Waals surface area contributed by atoms with Crippen LogP contribution in [0.5, 0.6) is 5.75 Å². The minimum Gasteiger partial charge on any atom is -0.483 e. The Balaban J connectivity index is 2.03. The Morgan fingerprint density at radius 2 is 2.17 bits per heavy atom. The van der Waals surface area contributed by atoms with Gasteiger partial charge in [-0.15, -0.1) is 5.10 Å². The van der Waals surface area contributed by atoms with Gasteiger partial charge in [-0.25, -0.2) is 0 Å². The van der Waals surface area contributed by atoms with Crippen LogP contribution in [-0.2, 0) is 14.4 Å². The molecule has 24 heavy (non-hydrogen) atoms. The van der Waals surface area contributed by atoms with Gasteiger partial charge in [0, 0.05) is 5.56 Å². The number of amides is 2. The van der Waals surface area contributed by atoms with E-state index in [-0.39, 0.29) is 18.2 Å². The van der Waals surface area contributed by atoms with Crippen molar-refractivity contribution >= 4 is 40.9 Å². The molecule has 10 heteroatoms. The number of amidine groups is 1. The summed E-state index contributed by atoms with van der Waals surface area (Å²) in [7, 11) is 0. The normalized spacial score (nSPS) is 18.8. The number of primary amides is 1. The van der Waals surface area contributed by atoms with E-state index in [0.717, 1.165) is 11.8 Å². The highest BCUT2D eigenvalue weighted by molar-refractivity contribution is 8.15. The number of carbonyl (C=O) groups excluding carboxylic acids is 2. The predicted molar refractivity (Wildman–Crippen MR) is 87.9 cm³/mol. The van der Waals surface area contributed by atoms with Crippen LogP contribution in [0.25, 0.3) is 0 Å². The minimum atomic E-state index is -1.06. The third-order valence-corrected chi connectivity index (χ3v) is 3.84. The first-order valence-corrected chi connectivity index (χ1v) is 7.64. The summed E-state index contributed by atoms with van der Waals surface area (Å²) < 4.78 is 5.24. The zero-order valence-corrected chi connectivity index (χ0v) is 13.2. The second-order valence-electron chi connectivity index (χ2n) is 4.64. The summed E-state index contributed by atoms with van der Waals surface area (Å²) in [4.78, 5) is 33.0. The number of nitrogens with one attached hydrogen (secondary N) is 1. The molecule has 1 aliphatic heterocycles. The summed E-state index contributed by atoms with van der Waals surface area (Å²) in [6, 6.07) is 6.82. The van der Waals surface area contributed by atoms with Gasteiger partial charge in [0.2, 0.25) is 5.91 Å². The fourth-order valence-electron chi connectivity index (χ4n) is 1.76. The van der Waals surface area contributed by atoms with Crippen molar-refractivity contribution in [3.8, 4) is 5.75 Å². The number of hydrogen-bond donors (Lipinski definition) is 3. The molecule has 2 rings (SSSR count). The minimum absolute atomic E-state index is 0.220. The molecule has 1 heterocycles. The third-order valence-electron chi connectivity index (χ3n) is 2.77. The number of benzene rings is 1. The summed E-state index contributed by atoms with van der Waals surface area (Å²) >= 11 is 1.00. The van der Waals surface area contributed by atoms with Gasteiger partial charge in [-0.3, -0.25) is 14.4 Å². The molecular formula is C14H14N4O5S. The van der Waals surface area contributed by atoms with Crippen LogP contribution in [0.4, 0.5) is 0 Å². The van der Waals surface area contributed by atoms with E-state index in [1.54, 1.807) is 24.3 Å². The summed E-state index contributed by atoms with van der Waals surface area (Å²) in [5, 5.41) is 18.4. The van der Waals surface area contributed by atoms with E-state index in [1.807, 2.05) is 0 Å². The van der Waals surface area contributed by atoms with Gasteiger partial charge in [0.1, 0.15) is 11.0 Å². The molecule has 1 fully saturated rings. The number of nitrogens with zero attached hydrogens (tertiary/aromatic N) is 2. The molecule has 0 spiro atoms. The molecule has 1 atom stereocenters. The van der Waals surface area contributed by atoms with E-state index in [1.165, 1.54) is 6.21 Å². The van der Waals surface area contributed by atoms with Crippen LogP contribution in [-0.4, -0.2) is 46.1 Å². The lowest BCUT2D eigenvalue weighted by atomic mass is 10.2. The number of carboxylic acids is 1. The van der Waals surface area contributed by atoms with Gasteiger partial charge < -0.3 is 20.9 Å². The summed E-state index contributed by atoms with van der Waals surface area (Å²) in [6.07, 6.45) is 1.10. The van der Waals surface area contributed by atoms with E-state index in [9.17, 15) is 14.4 Å². The molecule has 0 saturated carbocycles. The van der Waals surface area contributed by atoms with Crippen molar-refractivity contribution in [1.29, 1.82) is 0 Å². The zero-order chi connectivity index (χ0) is 17.5. The van der Waals surface area contributed by atoms with Crippen LogP contribution in [0.3, 0.4) is 0 Å². The van der Waals surface area contributed by atoms with E-state index >= 15 is 0 Å². The average molecular weight is 350 g/mol. The monoisotopic (exact) mass is 350 g/mol. The molecule has 0 aromatic heterocycles. The van der Waals surface area contributed by atoms with Crippen LogP contribution in [0.1, 0.15) is 12.0 Å². The van der Waals surface area contributed by atoms with Crippen molar-refractivity contribution in [3.05, 3.63) is 29.8 Å². The average Bonchev–Trinajstić information content (AvgIpc) is 2.85. The van der Waals surface area contributed by atoms with Gasteiger partial charge in [-0.05, 0) is 12.1 Å². The van der Waals surface area contributed by atoms with Crippen molar-refractivity contribution in [2.45, 2.75) is 11.7 Å². The lowest BCUT2D eigenvalue weighted by Gasteiger charge is -2.05. The number of carboxylic acid groups (broad SMARTS) is 1. The van der Waals surface area contributed by atoms with E-state index < -0.39 is 23.0 Å². The van der Waals surface area contributed by atoms with Gasteiger partial charge in [-0.2, -0.15) is 5.10 Å². The molecule has 1 aliphatic rings. The van der Waals surface area contributed by atoms with Crippen molar-refractivity contribution in [2.75, 3.05) is 6.61 Å². The quantitative estimate of drug-likeness (QED) is 0.464. The highest BCUT2D eigenvalue weighted by atomic mass is 32.2. The summed E-state index contributed by atoms with van der Waals surface area (Å²) in [6.45, 7) is -0.262. The van der Waals surface area contributed by atoms with Crippen LogP contribution in [0.2, 0.25) is 0 Å². The van der Waals surface area contributed by atoms with Gasteiger partial charge in [0.05, 0.1) is 12.6 Å². The Morgan fingerprint density at radius 3 is 2.88 bits per heavy atom. The molecule has 1 saturated heterocycles. The number of ether oxygens (including phenoxy) is 1. The first kappa shape index (κ1) is 17.5. The number of aliphatic carboxylic acids is 1. The van der Waals surface area contributed by atoms with Gasteiger partial charge in [0.15, 0.2) is 11.8 Å². The molecule has 4 N–H and O–H groups in total. The molecule has 0 bridgehead atoms. The number of nitrogens with two attached hydrogens (primary N) is 1. The number of hydrogen-bond acceptors (Lipinski definition) is 7. The second-order valence-corrected chi connectivity index (χ2v) is 5.83. The first-order chi connectivity index (χ1) is 11.5. The molecular weight excluding hydrogens is 336 g/mol. The first-order valence-electron chi connectivity index (χ1n) is 6.76. The van der Waals surface area contributed by atoms with Crippen LogP contribution in [0, 0.1) is 0 Å². The van der Waals surface area contributed by atoms with Crippen LogP contribution >= 0.6 is 11.8 Å². The topological polar surface area (TPSA) is 143 Å². The molecule has 0 radical (unpaired) electrons. The molecule has 0 aliphatic carbocycles. The maximum Gasteiger partial charge on any atom is 0.305 e. The Hall–Kier alpha value is -2.88. The van der Waals surface area contributed by atoms with E-state index in [4.69, 9.17) is 15.6 Å². The number of rotatable bonds is 7. The number of para-hydroxylation sites is 1. The van der Waals surface area contributed by atoms with Crippen LogP contribution in [0.15, 0.2) is 34.5 Å². The maximum absolute atomic E-state index is 11.6. The fourth-order valence-corrected chi connectivity index (χ4v) is 2.67. The number of thioether (sulfide) groups is 1. The van der Waals surface area contributed by atoms with E-state index in [0.29, 0.717) is 11.3 Å². The Labute approximate surface area is 141 Å². The Kier molecular flexibility index (Phi) is 5.90.